The summed E-state index contributed by atoms with van der Waals surface area (Å²) in [5, 5.41) is 3.23. The van der Waals surface area contributed by atoms with Gasteiger partial charge in [-0.05, 0) is 24.3 Å². The second-order valence-electron chi connectivity index (χ2n) is 4.17. The van der Waals surface area contributed by atoms with E-state index in [9.17, 15) is 0 Å². The SMILES string of the molecule is Clc1ccc(SCC[NH+]2CC[NH2+]CC2)cc1. The first-order valence-corrected chi connectivity index (χ1v) is 7.24. The number of nitrogens with two attached hydrogens (primary N) is 1. The van der Waals surface area contributed by atoms with Crippen LogP contribution in [-0.2, 0) is 0 Å². The molecule has 0 atom stereocenters. The lowest BCUT2D eigenvalue weighted by Crippen LogP contribution is -3.20. The van der Waals surface area contributed by atoms with Crippen molar-refractivity contribution in [3.05, 3.63) is 29.3 Å². The fourth-order valence-corrected chi connectivity index (χ4v) is 3.06. The van der Waals surface area contributed by atoms with E-state index in [2.05, 4.69) is 17.4 Å². The zero-order chi connectivity index (χ0) is 11.2. The minimum absolute atomic E-state index is 0.821. The average molecular weight is 259 g/mol. The highest BCUT2D eigenvalue weighted by Gasteiger charge is 2.14. The zero-order valence-corrected chi connectivity index (χ0v) is 11.0. The Bertz CT molecular complexity index is 309. The Morgan fingerprint density at radius 1 is 1.19 bits per heavy atom. The van der Waals surface area contributed by atoms with E-state index in [1.807, 2.05) is 23.9 Å². The number of thioether (sulfide) groups is 1. The van der Waals surface area contributed by atoms with Gasteiger partial charge in [0, 0.05) is 15.7 Å². The number of hydrogen-bond donors (Lipinski definition) is 2. The molecule has 3 N–H and O–H groups in total. The first-order chi connectivity index (χ1) is 7.84. The Morgan fingerprint density at radius 3 is 2.56 bits per heavy atom. The van der Waals surface area contributed by atoms with Crippen LogP contribution in [0.4, 0.5) is 0 Å². The predicted molar refractivity (Wildman–Crippen MR) is 69.4 cm³/mol. The average Bonchev–Trinajstić information content (AvgIpc) is 2.33. The molecule has 1 aromatic carbocycles. The Labute approximate surface area is 106 Å². The van der Waals surface area contributed by atoms with Crippen molar-refractivity contribution in [1.29, 1.82) is 0 Å². The highest BCUT2D eigenvalue weighted by atomic mass is 35.5. The Kier molecular flexibility index (Phi) is 4.97. The highest BCUT2D eigenvalue weighted by Crippen LogP contribution is 2.19. The van der Waals surface area contributed by atoms with E-state index < -0.39 is 0 Å². The van der Waals surface area contributed by atoms with Gasteiger partial charge in [-0.2, -0.15) is 0 Å². The van der Waals surface area contributed by atoms with Gasteiger partial charge in [0.05, 0.1) is 6.54 Å². The van der Waals surface area contributed by atoms with Crippen LogP contribution in [0.5, 0.6) is 0 Å². The van der Waals surface area contributed by atoms with Gasteiger partial charge in [-0.3, -0.25) is 0 Å². The number of quaternary nitrogens is 2. The molecule has 0 aromatic heterocycles. The lowest BCUT2D eigenvalue weighted by Gasteiger charge is -2.21. The molecule has 1 saturated heterocycles. The zero-order valence-electron chi connectivity index (χ0n) is 9.42. The maximum absolute atomic E-state index is 5.85. The lowest BCUT2D eigenvalue weighted by atomic mass is 10.4. The Balaban J connectivity index is 1.69. The minimum Gasteiger partial charge on any atom is -0.337 e. The van der Waals surface area contributed by atoms with Crippen LogP contribution in [-0.4, -0.2) is 38.5 Å². The van der Waals surface area contributed by atoms with Crippen molar-refractivity contribution < 1.29 is 10.2 Å². The lowest BCUT2D eigenvalue weighted by molar-refractivity contribution is -0.944. The first kappa shape index (κ1) is 12.2. The van der Waals surface area contributed by atoms with E-state index in [0.29, 0.717) is 0 Å². The molecule has 0 saturated carbocycles. The first-order valence-electron chi connectivity index (χ1n) is 5.88. The molecule has 88 valence electrons. The highest BCUT2D eigenvalue weighted by molar-refractivity contribution is 7.99. The van der Waals surface area contributed by atoms with Crippen LogP contribution >= 0.6 is 23.4 Å². The minimum atomic E-state index is 0.821. The van der Waals surface area contributed by atoms with Crippen molar-refractivity contribution in [2.24, 2.45) is 0 Å². The number of rotatable bonds is 4. The van der Waals surface area contributed by atoms with Gasteiger partial charge in [0.1, 0.15) is 26.2 Å². The molecule has 0 bridgehead atoms. The molecular formula is C12H19ClN2S+2. The van der Waals surface area contributed by atoms with Crippen molar-refractivity contribution in [2.75, 3.05) is 38.5 Å². The summed E-state index contributed by atoms with van der Waals surface area (Å²) in [6.45, 7) is 6.51. The van der Waals surface area contributed by atoms with Crippen LogP contribution in [0.1, 0.15) is 0 Å². The molecule has 2 nitrogen and oxygen atoms in total. The molecule has 1 heterocycles. The second-order valence-corrected chi connectivity index (χ2v) is 5.77. The molecule has 0 amide bonds. The van der Waals surface area contributed by atoms with E-state index in [1.165, 1.54) is 43.4 Å². The summed E-state index contributed by atoms with van der Waals surface area (Å²) in [6, 6.07) is 8.14. The molecule has 1 fully saturated rings. The fraction of sp³-hybridized carbons (Fsp3) is 0.500. The van der Waals surface area contributed by atoms with Crippen LogP contribution in [0.2, 0.25) is 5.02 Å². The summed E-state index contributed by atoms with van der Waals surface area (Å²) in [6.07, 6.45) is 0. The van der Waals surface area contributed by atoms with Crippen LogP contribution in [0.3, 0.4) is 0 Å². The molecule has 0 aliphatic carbocycles. The van der Waals surface area contributed by atoms with Gasteiger partial charge in [-0.25, -0.2) is 0 Å². The third-order valence-electron chi connectivity index (χ3n) is 2.94. The van der Waals surface area contributed by atoms with Crippen LogP contribution in [0, 0.1) is 0 Å². The number of nitrogens with one attached hydrogen (secondary N) is 1. The van der Waals surface area contributed by atoms with Gasteiger partial charge in [-0.15, -0.1) is 11.8 Å². The van der Waals surface area contributed by atoms with Crippen molar-refractivity contribution in [3.8, 4) is 0 Å². The molecule has 0 spiro atoms. The number of hydrogen-bond acceptors (Lipinski definition) is 1. The van der Waals surface area contributed by atoms with Gasteiger partial charge >= 0.3 is 0 Å². The van der Waals surface area contributed by atoms with Crippen molar-refractivity contribution in [2.45, 2.75) is 4.90 Å². The van der Waals surface area contributed by atoms with Crippen LogP contribution < -0.4 is 10.2 Å². The van der Waals surface area contributed by atoms with Gasteiger partial charge in [0.25, 0.3) is 0 Å². The van der Waals surface area contributed by atoms with Crippen molar-refractivity contribution in [3.63, 3.8) is 0 Å². The third-order valence-corrected chi connectivity index (χ3v) is 4.21. The number of halogens is 1. The topological polar surface area (TPSA) is 21.1 Å². The summed E-state index contributed by atoms with van der Waals surface area (Å²) < 4.78 is 0. The van der Waals surface area contributed by atoms with E-state index >= 15 is 0 Å². The fourth-order valence-electron chi connectivity index (χ4n) is 1.98. The number of piperazine rings is 1. The van der Waals surface area contributed by atoms with E-state index in [4.69, 9.17) is 11.6 Å². The standard InChI is InChI=1S/C12H17ClN2S/c13-11-1-3-12(4-2-11)16-10-9-15-7-5-14-6-8-15/h1-4,14H,5-10H2/p+2. The van der Waals surface area contributed by atoms with E-state index in [1.54, 1.807) is 4.90 Å². The Morgan fingerprint density at radius 2 is 1.88 bits per heavy atom. The van der Waals surface area contributed by atoms with Crippen molar-refractivity contribution in [1.82, 2.24) is 0 Å². The van der Waals surface area contributed by atoms with Gasteiger partial charge in [0.15, 0.2) is 0 Å². The third kappa shape index (κ3) is 3.98. The van der Waals surface area contributed by atoms with Gasteiger partial charge in [0.2, 0.25) is 0 Å². The van der Waals surface area contributed by atoms with E-state index in [-0.39, 0.29) is 0 Å². The molecule has 1 aliphatic rings. The largest absolute Gasteiger partial charge is 0.337 e. The summed E-state index contributed by atoms with van der Waals surface area (Å²) in [4.78, 5) is 3.08. The second kappa shape index (κ2) is 6.50. The molecule has 2 rings (SSSR count). The smallest absolute Gasteiger partial charge is 0.127 e. The maximum Gasteiger partial charge on any atom is 0.127 e. The quantitative estimate of drug-likeness (QED) is 0.723. The molecule has 1 aliphatic heterocycles. The monoisotopic (exact) mass is 258 g/mol. The molecule has 1 aromatic rings. The van der Waals surface area contributed by atoms with Gasteiger partial charge in [-0.1, -0.05) is 11.6 Å². The summed E-state index contributed by atoms with van der Waals surface area (Å²) in [5.74, 6) is 1.21. The van der Waals surface area contributed by atoms with Crippen LogP contribution in [0.15, 0.2) is 29.2 Å². The summed E-state index contributed by atoms with van der Waals surface area (Å²) in [7, 11) is 0. The molecule has 0 unspecified atom stereocenters. The van der Waals surface area contributed by atoms with Crippen LogP contribution in [0.25, 0.3) is 0 Å². The van der Waals surface area contributed by atoms with Crippen molar-refractivity contribution >= 4 is 23.4 Å². The summed E-state index contributed by atoms with van der Waals surface area (Å²) in [5.41, 5.74) is 0. The van der Waals surface area contributed by atoms with Gasteiger partial charge < -0.3 is 10.2 Å². The predicted octanol–water partition coefficient (Wildman–Crippen LogP) is -0.106. The molecule has 16 heavy (non-hydrogen) atoms. The van der Waals surface area contributed by atoms with E-state index in [0.717, 1.165) is 5.02 Å². The molecule has 0 radical (unpaired) electrons. The molecular weight excluding hydrogens is 240 g/mol. The number of benzene rings is 1. The summed E-state index contributed by atoms with van der Waals surface area (Å²) >= 11 is 7.78. The normalized spacial score (nSPS) is 17.6. The maximum atomic E-state index is 5.85. The molecule has 4 heteroatoms. The Hall–Kier alpha value is -0.220.